The van der Waals surface area contributed by atoms with Gasteiger partial charge in [0, 0.05) is 12.0 Å². The summed E-state index contributed by atoms with van der Waals surface area (Å²) >= 11 is 0. The van der Waals surface area contributed by atoms with Crippen molar-refractivity contribution in [1.82, 2.24) is 0 Å². The van der Waals surface area contributed by atoms with Gasteiger partial charge in [0.15, 0.2) is 0 Å². The first-order valence-electron chi connectivity index (χ1n) is 6.07. The molecule has 0 aromatic rings. The van der Waals surface area contributed by atoms with Crippen molar-refractivity contribution in [3.8, 4) is 0 Å². The number of hydrogen-bond acceptors (Lipinski definition) is 3. The second kappa shape index (κ2) is 4.21. The van der Waals surface area contributed by atoms with Gasteiger partial charge in [-0.2, -0.15) is 0 Å². The highest BCUT2D eigenvalue weighted by molar-refractivity contribution is 5.87. The molecular formula is C13H20O3. The van der Waals surface area contributed by atoms with E-state index in [0.29, 0.717) is 17.9 Å². The van der Waals surface area contributed by atoms with Crippen LogP contribution in [-0.4, -0.2) is 22.8 Å². The molecule has 2 bridgehead atoms. The predicted molar refractivity (Wildman–Crippen MR) is 60.8 cm³/mol. The van der Waals surface area contributed by atoms with Crippen molar-refractivity contribution in [3.63, 3.8) is 0 Å². The van der Waals surface area contributed by atoms with Gasteiger partial charge in [-0.15, -0.1) is 0 Å². The summed E-state index contributed by atoms with van der Waals surface area (Å²) in [6.45, 7) is 5.23. The maximum atomic E-state index is 11.4. The van der Waals surface area contributed by atoms with Crippen molar-refractivity contribution in [1.29, 1.82) is 0 Å². The van der Waals surface area contributed by atoms with Crippen LogP contribution in [-0.2, 0) is 9.53 Å². The summed E-state index contributed by atoms with van der Waals surface area (Å²) in [6, 6.07) is 0. The fourth-order valence-electron chi connectivity index (χ4n) is 3.07. The number of carbonyl (C=O) groups is 1. The molecule has 0 aliphatic heterocycles. The van der Waals surface area contributed by atoms with Gasteiger partial charge in [-0.3, -0.25) is 0 Å². The van der Waals surface area contributed by atoms with Crippen LogP contribution in [0.3, 0.4) is 0 Å². The number of carbonyl (C=O) groups excluding carboxylic acids is 1. The zero-order valence-electron chi connectivity index (χ0n) is 9.87. The lowest BCUT2D eigenvalue weighted by Crippen LogP contribution is -2.45. The highest BCUT2D eigenvalue weighted by Gasteiger charge is 2.42. The molecule has 2 saturated carbocycles. The van der Waals surface area contributed by atoms with Crippen molar-refractivity contribution in [2.75, 3.05) is 0 Å². The van der Waals surface area contributed by atoms with E-state index in [1.165, 1.54) is 0 Å². The number of fused-ring (bicyclic) bond motifs is 2. The predicted octanol–water partition coefficient (Wildman–Crippen LogP) is 2.19. The highest BCUT2D eigenvalue weighted by Crippen LogP contribution is 2.43. The van der Waals surface area contributed by atoms with Gasteiger partial charge in [0.2, 0.25) is 0 Å². The van der Waals surface area contributed by atoms with E-state index < -0.39 is 5.60 Å². The van der Waals surface area contributed by atoms with Crippen molar-refractivity contribution < 1.29 is 14.6 Å². The van der Waals surface area contributed by atoms with Crippen molar-refractivity contribution >= 4 is 5.97 Å². The molecule has 2 aliphatic carbocycles. The van der Waals surface area contributed by atoms with Crippen molar-refractivity contribution in [2.45, 2.75) is 57.2 Å². The zero-order chi connectivity index (χ0) is 11.8. The average Bonchev–Trinajstić information content (AvgIpc) is 2.15. The second-order valence-corrected chi connectivity index (χ2v) is 5.43. The summed E-state index contributed by atoms with van der Waals surface area (Å²) in [5.74, 6) is 0.198. The Morgan fingerprint density at radius 2 is 2.25 bits per heavy atom. The molecule has 90 valence electrons. The quantitative estimate of drug-likeness (QED) is 0.577. The minimum atomic E-state index is -0.582. The van der Waals surface area contributed by atoms with Gasteiger partial charge in [-0.05, 0) is 32.1 Å². The summed E-state index contributed by atoms with van der Waals surface area (Å²) in [7, 11) is 0. The molecule has 0 heterocycles. The van der Waals surface area contributed by atoms with E-state index in [1.807, 2.05) is 0 Å². The van der Waals surface area contributed by atoms with E-state index in [-0.39, 0.29) is 12.1 Å². The number of ether oxygens (including phenoxy) is 1. The Kier molecular flexibility index (Phi) is 3.06. The number of esters is 1. The molecule has 0 radical (unpaired) electrons. The molecule has 2 rings (SSSR count). The third-order valence-corrected chi connectivity index (χ3v) is 3.75. The Bertz CT molecular complexity index is 310. The fourth-order valence-corrected chi connectivity index (χ4v) is 3.07. The minimum Gasteiger partial charge on any atom is -0.459 e. The van der Waals surface area contributed by atoms with Gasteiger partial charge in [0.25, 0.3) is 0 Å². The smallest absolute Gasteiger partial charge is 0.333 e. The van der Waals surface area contributed by atoms with Gasteiger partial charge in [0.1, 0.15) is 6.10 Å². The Labute approximate surface area is 96.5 Å². The van der Waals surface area contributed by atoms with Crippen LogP contribution in [0.2, 0.25) is 0 Å². The summed E-state index contributed by atoms with van der Waals surface area (Å²) in [6.07, 6.45) is 5.38. The molecule has 0 saturated heterocycles. The molecule has 3 atom stereocenters. The molecule has 3 nitrogen and oxygen atoms in total. The van der Waals surface area contributed by atoms with Crippen LogP contribution < -0.4 is 0 Å². The summed E-state index contributed by atoms with van der Waals surface area (Å²) in [5.41, 5.74) is -0.149. The van der Waals surface area contributed by atoms with Crippen LogP contribution in [0, 0.1) is 5.92 Å². The Hall–Kier alpha value is -0.830. The first-order chi connectivity index (χ1) is 7.48. The lowest BCUT2D eigenvalue weighted by Gasteiger charge is -2.44. The normalized spacial score (nSPS) is 37.9. The lowest BCUT2D eigenvalue weighted by molar-refractivity contribution is -0.156. The molecule has 0 spiro atoms. The minimum absolute atomic E-state index is 0.117. The van der Waals surface area contributed by atoms with Crippen LogP contribution in [0.25, 0.3) is 0 Å². The van der Waals surface area contributed by atoms with Crippen LogP contribution in [0.1, 0.15) is 45.4 Å². The summed E-state index contributed by atoms with van der Waals surface area (Å²) in [4.78, 5) is 11.4. The molecule has 3 heteroatoms. The summed E-state index contributed by atoms with van der Waals surface area (Å²) in [5, 5.41) is 10.3. The Balaban J connectivity index is 1.97. The first-order valence-corrected chi connectivity index (χ1v) is 6.07. The number of hydrogen-bond donors (Lipinski definition) is 1. The van der Waals surface area contributed by atoms with Crippen LogP contribution in [0.15, 0.2) is 12.2 Å². The van der Waals surface area contributed by atoms with E-state index in [2.05, 4.69) is 6.58 Å². The lowest BCUT2D eigenvalue weighted by atomic mass is 9.68. The van der Waals surface area contributed by atoms with Gasteiger partial charge in [-0.1, -0.05) is 19.4 Å². The maximum absolute atomic E-state index is 11.4. The number of rotatable bonds is 2. The second-order valence-electron chi connectivity index (χ2n) is 5.43. The van der Waals surface area contributed by atoms with Gasteiger partial charge < -0.3 is 9.84 Å². The van der Waals surface area contributed by atoms with Gasteiger partial charge in [-0.25, -0.2) is 4.79 Å². The standard InChI is InChI=1S/C13H20O3/c1-9(2)12(14)16-11-6-10-4-3-5-13(15,7-10)8-11/h10-11,15H,1,3-8H2,2H3/t10-,11?,13?/m0/s1. The third-order valence-electron chi connectivity index (χ3n) is 3.75. The third kappa shape index (κ3) is 2.46. The van der Waals surface area contributed by atoms with E-state index >= 15 is 0 Å². The molecule has 16 heavy (non-hydrogen) atoms. The van der Waals surface area contributed by atoms with Crippen molar-refractivity contribution in [3.05, 3.63) is 12.2 Å². The van der Waals surface area contributed by atoms with Gasteiger partial charge >= 0.3 is 5.97 Å². The Morgan fingerprint density at radius 3 is 2.88 bits per heavy atom. The van der Waals surface area contributed by atoms with Crippen LogP contribution >= 0.6 is 0 Å². The van der Waals surface area contributed by atoms with E-state index in [0.717, 1.165) is 32.1 Å². The number of aliphatic hydroxyl groups is 1. The summed E-state index contributed by atoms with van der Waals surface area (Å²) < 4.78 is 5.36. The Morgan fingerprint density at radius 1 is 1.50 bits per heavy atom. The van der Waals surface area contributed by atoms with Crippen LogP contribution in [0.4, 0.5) is 0 Å². The van der Waals surface area contributed by atoms with E-state index in [1.54, 1.807) is 6.92 Å². The molecule has 2 aliphatic rings. The monoisotopic (exact) mass is 224 g/mol. The van der Waals surface area contributed by atoms with E-state index in [9.17, 15) is 9.90 Å². The molecule has 0 aromatic carbocycles. The zero-order valence-corrected chi connectivity index (χ0v) is 9.87. The molecule has 1 N–H and O–H groups in total. The van der Waals surface area contributed by atoms with E-state index in [4.69, 9.17) is 4.74 Å². The topological polar surface area (TPSA) is 46.5 Å². The van der Waals surface area contributed by atoms with Crippen molar-refractivity contribution in [2.24, 2.45) is 5.92 Å². The fraction of sp³-hybridized carbons (Fsp3) is 0.769. The molecule has 2 fully saturated rings. The largest absolute Gasteiger partial charge is 0.459 e. The highest BCUT2D eigenvalue weighted by atomic mass is 16.5. The average molecular weight is 224 g/mol. The molecule has 0 aromatic heterocycles. The molecule has 0 amide bonds. The van der Waals surface area contributed by atoms with Gasteiger partial charge in [0.05, 0.1) is 5.60 Å². The molecular weight excluding hydrogens is 204 g/mol. The molecule has 2 unspecified atom stereocenters. The maximum Gasteiger partial charge on any atom is 0.333 e. The first kappa shape index (κ1) is 11.6. The SMILES string of the molecule is C=C(C)C(=O)OC1C[C@@H]2CCCC(O)(C1)C2. The van der Waals surface area contributed by atoms with Crippen LogP contribution in [0.5, 0.6) is 0 Å².